The van der Waals surface area contributed by atoms with Gasteiger partial charge in [-0.1, -0.05) is 12.1 Å². The number of nitrogens with zero attached hydrogens (tertiary/aromatic N) is 2. The first kappa shape index (κ1) is 11.0. The van der Waals surface area contributed by atoms with E-state index >= 15 is 0 Å². The Kier molecular flexibility index (Phi) is 2.40. The van der Waals surface area contributed by atoms with Gasteiger partial charge in [-0.3, -0.25) is 0 Å². The highest BCUT2D eigenvalue weighted by Crippen LogP contribution is 2.27. The van der Waals surface area contributed by atoms with E-state index in [9.17, 15) is 0 Å². The first-order valence-corrected chi connectivity index (χ1v) is 5.94. The van der Waals surface area contributed by atoms with Crippen molar-refractivity contribution in [2.75, 3.05) is 7.11 Å². The average molecular weight is 239 g/mol. The van der Waals surface area contributed by atoms with Crippen molar-refractivity contribution in [3.8, 4) is 5.75 Å². The topological polar surface area (TPSA) is 26.0 Å². The van der Waals surface area contributed by atoms with Crippen LogP contribution in [0.1, 0.15) is 5.56 Å². The summed E-state index contributed by atoms with van der Waals surface area (Å²) in [5, 5.41) is 0. The quantitative estimate of drug-likeness (QED) is 0.482. The smallest absolute Gasteiger partial charge is 0.235 e. The van der Waals surface area contributed by atoms with E-state index in [1.54, 1.807) is 7.11 Å². The zero-order valence-electron chi connectivity index (χ0n) is 10.8. The molecule has 1 heterocycles. The van der Waals surface area contributed by atoms with Crippen LogP contribution >= 0.6 is 0 Å². The van der Waals surface area contributed by atoms with Crippen LogP contribution in [-0.4, -0.2) is 12.1 Å². The van der Waals surface area contributed by atoms with Crippen LogP contribution in [0.15, 0.2) is 36.4 Å². The van der Waals surface area contributed by atoms with Gasteiger partial charge < -0.3 is 4.74 Å². The molecule has 0 aliphatic heterocycles. The average Bonchev–Trinajstić information content (AvgIpc) is 2.39. The fourth-order valence-corrected chi connectivity index (χ4v) is 2.39. The first-order chi connectivity index (χ1) is 8.72. The molecule has 1 aromatic heterocycles. The maximum atomic E-state index is 5.49. The summed E-state index contributed by atoms with van der Waals surface area (Å²) in [6.07, 6.45) is 0. The summed E-state index contributed by atoms with van der Waals surface area (Å²) in [5.41, 5.74) is 5.20. The summed E-state index contributed by atoms with van der Waals surface area (Å²) in [6.45, 7) is 2.04. The normalized spacial score (nSPS) is 11.1. The Morgan fingerprint density at radius 3 is 2.61 bits per heavy atom. The summed E-state index contributed by atoms with van der Waals surface area (Å²) in [7, 11) is 3.75. The molecule has 3 aromatic rings. The van der Waals surface area contributed by atoms with Gasteiger partial charge in [-0.05, 0) is 24.6 Å². The summed E-state index contributed by atoms with van der Waals surface area (Å²) in [5.74, 6) is 0.855. The lowest BCUT2D eigenvalue weighted by Crippen LogP contribution is -2.30. The highest BCUT2D eigenvalue weighted by molar-refractivity contribution is 5.86. The van der Waals surface area contributed by atoms with Crippen molar-refractivity contribution in [2.24, 2.45) is 7.05 Å². The highest BCUT2D eigenvalue weighted by atomic mass is 16.5. The van der Waals surface area contributed by atoms with Gasteiger partial charge in [0.15, 0.2) is 11.3 Å². The van der Waals surface area contributed by atoms with E-state index in [0.29, 0.717) is 0 Å². The van der Waals surface area contributed by atoms with Gasteiger partial charge >= 0.3 is 0 Å². The van der Waals surface area contributed by atoms with Crippen molar-refractivity contribution in [2.45, 2.75) is 6.92 Å². The predicted octanol–water partition coefficient (Wildman–Crippen LogP) is 2.53. The molecular weight excluding hydrogens is 224 g/mol. The van der Waals surface area contributed by atoms with Crippen molar-refractivity contribution in [1.82, 2.24) is 4.98 Å². The van der Waals surface area contributed by atoms with Gasteiger partial charge in [-0.25, -0.2) is 4.98 Å². The van der Waals surface area contributed by atoms with Gasteiger partial charge in [0, 0.05) is 12.1 Å². The monoisotopic (exact) mass is 239 g/mol. The van der Waals surface area contributed by atoms with E-state index in [0.717, 1.165) is 33.4 Å². The molecular formula is C15H15N2O+. The number of fused-ring (bicyclic) bond motifs is 2. The molecule has 0 fully saturated rings. The molecule has 0 saturated heterocycles. The number of rotatable bonds is 1. The molecule has 0 amide bonds. The SMILES string of the molecule is COc1c(C)ccc2c1nc1ccccc1[n+]2C. The van der Waals surface area contributed by atoms with Gasteiger partial charge in [0.25, 0.3) is 0 Å². The lowest BCUT2D eigenvalue weighted by Gasteiger charge is -2.07. The van der Waals surface area contributed by atoms with Gasteiger partial charge in [-0.2, -0.15) is 4.57 Å². The molecule has 3 rings (SSSR count). The minimum absolute atomic E-state index is 0.855. The van der Waals surface area contributed by atoms with E-state index < -0.39 is 0 Å². The minimum Gasteiger partial charge on any atom is -0.494 e. The van der Waals surface area contributed by atoms with E-state index in [-0.39, 0.29) is 0 Å². The molecule has 0 atom stereocenters. The molecule has 3 heteroatoms. The molecule has 18 heavy (non-hydrogen) atoms. The van der Waals surface area contributed by atoms with Crippen molar-refractivity contribution >= 4 is 22.1 Å². The van der Waals surface area contributed by atoms with E-state index in [4.69, 9.17) is 9.72 Å². The Morgan fingerprint density at radius 1 is 1.06 bits per heavy atom. The molecule has 0 saturated carbocycles. The summed E-state index contributed by atoms with van der Waals surface area (Å²) in [6, 6.07) is 12.3. The van der Waals surface area contributed by atoms with Crippen molar-refractivity contribution in [3.05, 3.63) is 42.0 Å². The Balaban J connectivity index is 2.55. The molecule has 90 valence electrons. The molecule has 0 radical (unpaired) electrons. The van der Waals surface area contributed by atoms with Crippen LogP contribution in [0.5, 0.6) is 5.75 Å². The first-order valence-electron chi connectivity index (χ1n) is 5.94. The van der Waals surface area contributed by atoms with Crippen LogP contribution in [0.2, 0.25) is 0 Å². The standard InChI is InChI=1S/C15H15N2O/c1-10-8-9-13-14(15(10)18-3)16-11-6-4-5-7-12(11)17(13)2/h4-9H,1-3H3/q+1. The fourth-order valence-electron chi connectivity index (χ4n) is 2.39. The Bertz CT molecular complexity index is 750. The van der Waals surface area contributed by atoms with Crippen molar-refractivity contribution < 1.29 is 9.30 Å². The molecule has 3 nitrogen and oxygen atoms in total. The van der Waals surface area contributed by atoms with Crippen LogP contribution in [0.25, 0.3) is 22.1 Å². The van der Waals surface area contributed by atoms with Gasteiger partial charge in [0.1, 0.15) is 12.6 Å². The van der Waals surface area contributed by atoms with Crippen molar-refractivity contribution in [3.63, 3.8) is 0 Å². The predicted molar refractivity (Wildman–Crippen MR) is 71.7 cm³/mol. The molecule has 0 bridgehead atoms. The number of methoxy groups -OCH3 is 1. The fraction of sp³-hybridized carbons (Fsp3) is 0.200. The third-order valence-electron chi connectivity index (χ3n) is 3.35. The van der Waals surface area contributed by atoms with Crippen LogP contribution < -0.4 is 9.30 Å². The number of aromatic nitrogens is 2. The minimum atomic E-state index is 0.855. The number of ether oxygens (including phenoxy) is 1. The number of para-hydroxylation sites is 2. The largest absolute Gasteiger partial charge is 0.494 e. The van der Waals surface area contributed by atoms with Crippen LogP contribution in [-0.2, 0) is 7.05 Å². The maximum absolute atomic E-state index is 5.49. The maximum Gasteiger partial charge on any atom is 0.235 e. The Hall–Kier alpha value is -2.16. The van der Waals surface area contributed by atoms with Gasteiger partial charge in [0.2, 0.25) is 11.0 Å². The third kappa shape index (κ3) is 1.44. The summed E-state index contributed by atoms with van der Waals surface area (Å²) < 4.78 is 7.64. The third-order valence-corrected chi connectivity index (χ3v) is 3.35. The Morgan fingerprint density at radius 2 is 1.83 bits per heavy atom. The van der Waals surface area contributed by atoms with Crippen LogP contribution in [0.3, 0.4) is 0 Å². The lowest BCUT2D eigenvalue weighted by molar-refractivity contribution is -0.618. The number of hydrogen-bond acceptors (Lipinski definition) is 2. The number of aryl methyl sites for hydroxylation is 2. The molecule has 0 spiro atoms. The number of hydrogen-bond donors (Lipinski definition) is 0. The zero-order valence-corrected chi connectivity index (χ0v) is 10.8. The molecule has 0 unspecified atom stereocenters. The molecule has 0 N–H and O–H groups in total. The van der Waals surface area contributed by atoms with Gasteiger partial charge in [-0.15, -0.1) is 0 Å². The number of benzene rings is 2. The van der Waals surface area contributed by atoms with Gasteiger partial charge in [0.05, 0.1) is 7.11 Å². The molecule has 2 aromatic carbocycles. The van der Waals surface area contributed by atoms with E-state index in [1.165, 1.54) is 0 Å². The zero-order chi connectivity index (χ0) is 12.7. The second kappa shape index (κ2) is 3.95. The second-order valence-electron chi connectivity index (χ2n) is 4.44. The van der Waals surface area contributed by atoms with Crippen LogP contribution in [0.4, 0.5) is 0 Å². The summed E-state index contributed by atoms with van der Waals surface area (Å²) in [4.78, 5) is 4.72. The van der Waals surface area contributed by atoms with E-state index in [2.05, 4.69) is 29.8 Å². The van der Waals surface area contributed by atoms with Crippen LogP contribution in [0, 0.1) is 6.92 Å². The Labute approximate surface area is 106 Å². The molecule has 0 aliphatic rings. The highest BCUT2D eigenvalue weighted by Gasteiger charge is 2.17. The van der Waals surface area contributed by atoms with E-state index in [1.807, 2.05) is 25.1 Å². The molecule has 0 aliphatic carbocycles. The lowest BCUT2D eigenvalue weighted by atomic mass is 10.1. The summed E-state index contributed by atoms with van der Waals surface area (Å²) >= 11 is 0. The second-order valence-corrected chi connectivity index (χ2v) is 4.44. The van der Waals surface area contributed by atoms with Crippen molar-refractivity contribution in [1.29, 1.82) is 0 Å².